The van der Waals surface area contributed by atoms with Crippen LogP contribution in [0.25, 0.3) is 22.0 Å². The van der Waals surface area contributed by atoms with Gasteiger partial charge in [-0.3, -0.25) is 14.9 Å². The zero-order chi connectivity index (χ0) is 22.7. The molecule has 0 bridgehead atoms. The van der Waals surface area contributed by atoms with Gasteiger partial charge in [0.05, 0.1) is 11.0 Å². The number of carboxylic acid groups (broad SMARTS) is 1. The molecule has 7 nitrogen and oxygen atoms in total. The van der Waals surface area contributed by atoms with E-state index in [1.54, 1.807) is 0 Å². The first-order chi connectivity index (χ1) is 15.5. The van der Waals surface area contributed by atoms with Crippen molar-refractivity contribution < 1.29 is 19.6 Å². The monoisotopic (exact) mass is 436 g/mol. The van der Waals surface area contributed by atoms with Gasteiger partial charge in [-0.25, -0.2) is 0 Å². The van der Waals surface area contributed by atoms with Gasteiger partial charge in [0.2, 0.25) is 5.75 Å². The molecule has 0 aliphatic heterocycles. The highest BCUT2D eigenvalue weighted by Crippen LogP contribution is 2.42. The summed E-state index contributed by atoms with van der Waals surface area (Å²) < 4.78 is 8.43. The van der Waals surface area contributed by atoms with Gasteiger partial charge in [0.1, 0.15) is 0 Å². The standard InChI is InChI=1S/C25H28N2O5/c1-2-26-13-12-19-16-18(9-10-22(19)26)21-14-17(8-11-24(28)29)15-23(27(30)31)25(21)32-20-6-4-3-5-7-20/h9-10,12-16,20H,2-8,11H2,1H3,(H,28,29). The first kappa shape index (κ1) is 21.9. The lowest BCUT2D eigenvalue weighted by atomic mass is 9.95. The third-order valence-corrected chi connectivity index (χ3v) is 6.21. The van der Waals surface area contributed by atoms with Crippen molar-refractivity contribution in [2.24, 2.45) is 0 Å². The number of carbonyl (C=O) groups is 1. The molecule has 1 aromatic heterocycles. The van der Waals surface area contributed by atoms with E-state index >= 15 is 0 Å². The highest BCUT2D eigenvalue weighted by molar-refractivity contribution is 5.88. The lowest BCUT2D eigenvalue weighted by Crippen LogP contribution is -2.20. The highest BCUT2D eigenvalue weighted by atomic mass is 16.6. The summed E-state index contributed by atoms with van der Waals surface area (Å²) in [6, 6.07) is 11.4. The average molecular weight is 437 g/mol. The molecule has 1 aliphatic carbocycles. The molecule has 7 heteroatoms. The minimum absolute atomic E-state index is 0.0454. The van der Waals surface area contributed by atoms with Crippen molar-refractivity contribution in [3.63, 3.8) is 0 Å². The number of nitro benzene ring substituents is 1. The van der Waals surface area contributed by atoms with Crippen LogP contribution in [0.3, 0.4) is 0 Å². The normalized spacial score (nSPS) is 14.5. The molecule has 3 aromatic rings. The summed E-state index contributed by atoms with van der Waals surface area (Å²) >= 11 is 0. The molecule has 0 atom stereocenters. The van der Waals surface area contributed by atoms with Crippen LogP contribution in [0.4, 0.5) is 5.69 Å². The lowest BCUT2D eigenvalue weighted by Gasteiger charge is -2.24. The van der Waals surface area contributed by atoms with Crippen LogP contribution in [0.2, 0.25) is 0 Å². The molecule has 0 radical (unpaired) electrons. The molecule has 0 unspecified atom stereocenters. The fourth-order valence-corrected chi connectivity index (χ4v) is 4.53. The van der Waals surface area contributed by atoms with Crippen molar-refractivity contribution in [3.05, 3.63) is 58.3 Å². The third-order valence-electron chi connectivity index (χ3n) is 6.21. The first-order valence-corrected chi connectivity index (χ1v) is 11.2. The van der Waals surface area contributed by atoms with Crippen LogP contribution in [0, 0.1) is 10.1 Å². The fourth-order valence-electron chi connectivity index (χ4n) is 4.53. The zero-order valence-electron chi connectivity index (χ0n) is 18.3. The van der Waals surface area contributed by atoms with Crippen molar-refractivity contribution in [2.75, 3.05) is 0 Å². The fraction of sp³-hybridized carbons (Fsp3) is 0.400. The molecule has 2 aromatic carbocycles. The Morgan fingerprint density at radius 1 is 1.19 bits per heavy atom. The van der Waals surface area contributed by atoms with Crippen LogP contribution >= 0.6 is 0 Å². The number of fused-ring (bicyclic) bond motifs is 1. The second-order valence-electron chi connectivity index (χ2n) is 8.40. The molecule has 4 rings (SSSR count). The van der Waals surface area contributed by atoms with Gasteiger partial charge in [0, 0.05) is 41.7 Å². The molecular formula is C25H28N2O5. The smallest absolute Gasteiger partial charge is 0.311 e. The SMILES string of the molecule is CCn1ccc2cc(-c3cc(CCC(=O)O)cc([N+](=O)[O-])c3OC3CCCCC3)ccc21. The maximum atomic E-state index is 12.0. The molecule has 1 heterocycles. The number of aromatic nitrogens is 1. The summed E-state index contributed by atoms with van der Waals surface area (Å²) in [7, 11) is 0. The van der Waals surface area contributed by atoms with E-state index in [9.17, 15) is 14.9 Å². The van der Waals surface area contributed by atoms with E-state index in [-0.39, 0.29) is 30.4 Å². The minimum atomic E-state index is -0.931. The van der Waals surface area contributed by atoms with Crippen LogP contribution in [-0.4, -0.2) is 26.7 Å². The molecule has 0 amide bonds. The highest BCUT2D eigenvalue weighted by Gasteiger charge is 2.26. The molecule has 0 spiro atoms. The molecule has 1 fully saturated rings. The van der Waals surface area contributed by atoms with E-state index in [1.807, 2.05) is 36.5 Å². The average Bonchev–Trinajstić information content (AvgIpc) is 3.21. The van der Waals surface area contributed by atoms with E-state index in [1.165, 1.54) is 6.07 Å². The quantitative estimate of drug-likeness (QED) is 0.347. The maximum absolute atomic E-state index is 12.0. The Kier molecular flexibility index (Phi) is 6.44. The summed E-state index contributed by atoms with van der Waals surface area (Å²) in [5.41, 5.74) is 3.10. The number of nitrogens with zero attached hydrogens (tertiary/aromatic N) is 2. The minimum Gasteiger partial charge on any atom is -0.483 e. The molecule has 1 aliphatic rings. The Balaban J connectivity index is 1.84. The maximum Gasteiger partial charge on any atom is 0.311 e. The number of hydrogen-bond donors (Lipinski definition) is 1. The summed E-state index contributed by atoms with van der Waals surface area (Å²) in [6.07, 6.45) is 7.16. The molecule has 0 saturated heterocycles. The Bertz CT molecular complexity index is 1140. The van der Waals surface area contributed by atoms with Gasteiger partial charge in [-0.15, -0.1) is 0 Å². The largest absolute Gasteiger partial charge is 0.483 e. The molecule has 168 valence electrons. The van der Waals surface area contributed by atoms with Gasteiger partial charge in [-0.1, -0.05) is 12.5 Å². The summed E-state index contributed by atoms with van der Waals surface area (Å²) in [5, 5.41) is 22.1. The number of rotatable bonds is 8. The van der Waals surface area contributed by atoms with Crippen molar-refractivity contribution in [3.8, 4) is 16.9 Å². The van der Waals surface area contributed by atoms with Gasteiger partial charge in [0.25, 0.3) is 0 Å². The van der Waals surface area contributed by atoms with Crippen molar-refractivity contribution in [1.82, 2.24) is 4.57 Å². The van der Waals surface area contributed by atoms with Crippen molar-refractivity contribution in [1.29, 1.82) is 0 Å². The molecular weight excluding hydrogens is 408 g/mol. The van der Waals surface area contributed by atoms with E-state index in [0.717, 1.165) is 55.1 Å². The number of nitro groups is 1. The molecule has 1 saturated carbocycles. The second kappa shape index (κ2) is 9.42. The zero-order valence-corrected chi connectivity index (χ0v) is 18.3. The molecule has 1 N–H and O–H groups in total. The molecule has 32 heavy (non-hydrogen) atoms. The van der Waals surface area contributed by atoms with Crippen LogP contribution in [-0.2, 0) is 17.8 Å². The Morgan fingerprint density at radius 2 is 1.97 bits per heavy atom. The van der Waals surface area contributed by atoms with Gasteiger partial charge < -0.3 is 14.4 Å². The Labute approximate surface area is 186 Å². The number of aryl methyl sites for hydroxylation is 2. The van der Waals surface area contributed by atoms with Gasteiger partial charge in [-0.05, 0) is 74.4 Å². The lowest BCUT2D eigenvalue weighted by molar-refractivity contribution is -0.386. The van der Waals surface area contributed by atoms with Gasteiger partial charge in [0.15, 0.2) is 0 Å². The predicted octanol–water partition coefficient (Wildman–Crippen LogP) is 5.97. The summed E-state index contributed by atoms with van der Waals surface area (Å²) in [4.78, 5) is 22.7. The summed E-state index contributed by atoms with van der Waals surface area (Å²) in [5.74, 6) is -0.644. The van der Waals surface area contributed by atoms with E-state index in [0.29, 0.717) is 11.1 Å². The Hall–Kier alpha value is -3.35. The van der Waals surface area contributed by atoms with Gasteiger partial charge in [-0.2, -0.15) is 0 Å². The van der Waals surface area contributed by atoms with Crippen LogP contribution in [0.1, 0.15) is 51.0 Å². The number of carboxylic acids is 1. The van der Waals surface area contributed by atoms with Crippen molar-refractivity contribution >= 4 is 22.6 Å². The van der Waals surface area contributed by atoms with E-state index in [2.05, 4.69) is 11.5 Å². The van der Waals surface area contributed by atoms with Crippen LogP contribution in [0.5, 0.6) is 5.75 Å². The number of ether oxygens (including phenoxy) is 1. The van der Waals surface area contributed by atoms with Crippen LogP contribution < -0.4 is 4.74 Å². The first-order valence-electron chi connectivity index (χ1n) is 11.2. The van der Waals surface area contributed by atoms with Crippen LogP contribution in [0.15, 0.2) is 42.6 Å². The predicted molar refractivity (Wildman–Crippen MR) is 123 cm³/mol. The number of hydrogen-bond acceptors (Lipinski definition) is 4. The van der Waals surface area contributed by atoms with E-state index < -0.39 is 10.9 Å². The van der Waals surface area contributed by atoms with Crippen molar-refractivity contribution in [2.45, 2.75) is 64.5 Å². The van der Waals surface area contributed by atoms with Gasteiger partial charge >= 0.3 is 11.7 Å². The van der Waals surface area contributed by atoms with E-state index in [4.69, 9.17) is 9.84 Å². The number of aliphatic carboxylic acids is 1. The Morgan fingerprint density at radius 3 is 2.66 bits per heavy atom. The second-order valence-corrected chi connectivity index (χ2v) is 8.40. The topological polar surface area (TPSA) is 94.6 Å². The summed E-state index contributed by atoms with van der Waals surface area (Å²) in [6.45, 7) is 2.94. The third kappa shape index (κ3) is 4.61. The number of benzene rings is 2.